The molecule has 0 spiro atoms. The lowest BCUT2D eigenvalue weighted by Gasteiger charge is -2.24. The summed E-state index contributed by atoms with van der Waals surface area (Å²) in [4.78, 5) is 10.8. The summed E-state index contributed by atoms with van der Waals surface area (Å²) >= 11 is 1.84. The second-order valence-corrected chi connectivity index (χ2v) is 5.39. The van der Waals surface area contributed by atoms with Crippen LogP contribution in [0.3, 0.4) is 0 Å². The van der Waals surface area contributed by atoms with Gasteiger partial charge in [-0.15, -0.1) is 0 Å². The normalized spacial score (nSPS) is 21.3. The van der Waals surface area contributed by atoms with E-state index in [9.17, 15) is 9.90 Å². The molecule has 1 aliphatic heterocycles. The Morgan fingerprint density at radius 2 is 2.22 bits per heavy atom. The molecule has 2 rings (SSSR count). The molecule has 0 bridgehead atoms. The molecule has 98 valence electrons. The Kier molecular flexibility index (Phi) is 4.49. The predicted octanol–water partition coefficient (Wildman–Crippen LogP) is 2.08. The number of carboxylic acids is 1. The Balaban J connectivity index is 2.13. The van der Waals surface area contributed by atoms with Gasteiger partial charge in [-0.3, -0.25) is 0 Å². The van der Waals surface area contributed by atoms with Crippen LogP contribution in [0, 0.1) is 0 Å². The number of ether oxygens (including phenoxy) is 1. The van der Waals surface area contributed by atoms with Gasteiger partial charge >= 0.3 is 5.97 Å². The van der Waals surface area contributed by atoms with Crippen molar-refractivity contribution in [3.8, 4) is 5.75 Å². The molecule has 1 fully saturated rings. The highest BCUT2D eigenvalue weighted by molar-refractivity contribution is 7.99. The topological polar surface area (TPSA) is 66.8 Å². The molecule has 2 N–H and O–H groups in total. The lowest BCUT2D eigenvalue weighted by Crippen LogP contribution is -2.24. The molecule has 4 nitrogen and oxygen atoms in total. The Labute approximate surface area is 110 Å². The first-order chi connectivity index (χ1) is 8.68. The fraction of sp³-hybridized carbons (Fsp3) is 0.462. The van der Waals surface area contributed by atoms with Gasteiger partial charge in [-0.25, -0.2) is 4.79 Å². The number of benzene rings is 1. The minimum Gasteiger partial charge on any atom is -0.489 e. The second kappa shape index (κ2) is 6.11. The zero-order valence-corrected chi connectivity index (χ0v) is 10.7. The molecule has 0 saturated carbocycles. The van der Waals surface area contributed by atoms with Crippen molar-refractivity contribution in [2.45, 2.75) is 25.0 Å². The van der Waals surface area contributed by atoms with E-state index in [1.165, 1.54) is 0 Å². The Morgan fingerprint density at radius 3 is 2.89 bits per heavy atom. The maximum Gasteiger partial charge on any atom is 0.337 e. The smallest absolute Gasteiger partial charge is 0.337 e. The van der Waals surface area contributed by atoms with Crippen molar-refractivity contribution >= 4 is 17.7 Å². The maximum absolute atomic E-state index is 10.8. The Morgan fingerprint density at radius 1 is 1.44 bits per heavy atom. The molecule has 1 aliphatic rings. The van der Waals surface area contributed by atoms with Crippen LogP contribution in [0.1, 0.15) is 24.5 Å². The van der Waals surface area contributed by atoms with Crippen molar-refractivity contribution in [2.75, 3.05) is 11.5 Å². The highest BCUT2D eigenvalue weighted by Crippen LogP contribution is 2.29. The lowest BCUT2D eigenvalue weighted by atomic mass is 10.1. The molecule has 2 unspecified atom stereocenters. The molecule has 0 aliphatic carbocycles. The van der Waals surface area contributed by atoms with Crippen LogP contribution in [0.25, 0.3) is 0 Å². The zero-order valence-electron chi connectivity index (χ0n) is 9.91. The average molecular weight is 268 g/mol. The van der Waals surface area contributed by atoms with Gasteiger partial charge in [0, 0.05) is 11.3 Å². The monoisotopic (exact) mass is 268 g/mol. The molecule has 18 heavy (non-hydrogen) atoms. The number of rotatable bonds is 4. The van der Waals surface area contributed by atoms with E-state index in [0.717, 1.165) is 24.3 Å². The predicted molar refractivity (Wildman–Crippen MR) is 70.0 cm³/mol. The number of hydrogen-bond donors (Lipinski definition) is 2. The number of aliphatic carboxylic acids is 1. The number of hydrogen-bond acceptors (Lipinski definition) is 4. The number of thioether (sulfide) groups is 1. The third-order valence-corrected chi connectivity index (χ3v) is 4.04. The minimum absolute atomic E-state index is 0.103. The van der Waals surface area contributed by atoms with Gasteiger partial charge in [0.05, 0.1) is 0 Å². The number of para-hydroxylation sites is 1. The second-order valence-electron chi connectivity index (χ2n) is 4.24. The van der Waals surface area contributed by atoms with Gasteiger partial charge in [-0.1, -0.05) is 18.2 Å². The van der Waals surface area contributed by atoms with E-state index in [4.69, 9.17) is 9.84 Å². The fourth-order valence-electron chi connectivity index (χ4n) is 1.93. The molecule has 2 atom stereocenters. The third kappa shape index (κ3) is 3.17. The molecule has 1 heterocycles. The minimum atomic E-state index is -1.53. The first-order valence-electron chi connectivity index (χ1n) is 5.92. The van der Waals surface area contributed by atoms with Gasteiger partial charge < -0.3 is 14.9 Å². The molecule has 0 aromatic heterocycles. The fourth-order valence-corrected chi connectivity index (χ4v) is 2.97. The van der Waals surface area contributed by atoms with E-state index >= 15 is 0 Å². The number of carboxylic acid groups (broad SMARTS) is 1. The summed E-state index contributed by atoms with van der Waals surface area (Å²) in [5.74, 6) is 1.28. The van der Waals surface area contributed by atoms with E-state index < -0.39 is 12.1 Å². The summed E-state index contributed by atoms with van der Waals surface area (Å²) in [5, 5.41) is 18.5. The van der Waals surface area contributed by atoms with Crippen molar-refractivity contribution in [1.29, 1.82) is 0 Å². The van der Waals surface area contributed by atoms with Crippen LogP contribution in [0.5, 0.6) is 5.75 Å². The van der Waals surface area contributed by atoms with Gasteiger partial charge in [0.1, 0.15) is 11.9 Å². The van der Waals surface area contributed by atoms with E-state index in [0.29, 0.717) is 11.3 Å². The first-order valence-corrected chi connectivity index (χ1v) is 7.08. The zero-order chi connectivity index (χ0) is 13.0. The molecule has 0 amide bonds. The molecule has 0 radical (unpaired) electrons. The van der Waals surface area contributed by atoms with Gasteiger partial charge in [0.25, 0.3) is 0 Å². The lowest BCUT2D eigenvalue weighted by molar-refractivity contribution is -0.147. The van der Waals surface area contributed by atoms with E-state index in [1.807, 2.05) is 11.8 Å². The maximum atomic E-state index is 10.8. The van der Waals surface area contributed by atoms with Crippen molar-refractivity contribution in [3.63, 3.8) is 0 Å². The van der Waals surface area contributed by atoms with Gasteiger partial charge in [0.2, 0.25) is 0 Å². The third-order valence-electron chi connectivity index (χ3n) is 2.86. The summed E-state index contributed by atoms with van der Waals surface area (Å²) < 4.78 is 5.81. The number of carbonyl (C=O) groups is 1. The highest BCUT2D eigenvalue weighted by atomic mass is 32.2. The summed E-state index contributed by atoms with van der Waals surface area (Å²) in [6.07, 6.45) is 0.659. The van der Waals surface area contributed by atoms with Crippen LogP contribution in [-0.2, 0) is 4.79 Å². The van der Waals surface area contributed by atoms with Gasteiger partial charge in [-0.2, -0.15) is 11.8 Å². The van der Waals surface area contributed by atoms with Crippen LogP contribution in [0.15, 0.2) is 24.3 Å². The Hall–Kier alpha value is -1.20. The van der Waals surface area contributed by atoms with Gasteiger partial charge in [0.15, 0.2) is 6.10 Å². The molecule has 1 saturated heterocycles. The van der Waals surface area contributed by atoms with Crippen molar-refractivity contribution in [3.05, 3.63) is 29.8 Å². The largest absolute Gasteiger partial charge is 0.489 e. The molecule has 1 aromatic carbocycles. The Bertz CT molecular complexity index is 415. The molecular formula is C13H16O4S. The molecule has 5 heteroatoms. The molecular weight excluding hydrogens is 252 g/mol. The number of aliphatic hydroxyl groups excluding tert-OH is 1. The van der Waals surface area contributed by atoms with Crippen molar-refractivity contribution in [2.24, 2.45) is 0 Å². The first kappa shape index (κ1) is 13.2. The number of aliphatic hydroxyl groups is 1. The highest BCUT2D eigenvalue weighted by Gasteiger charge is 2.22. The van der Waals surface area contributed by atoms with Crippen LogP contribution < -0.4 is 4.74 Å². The van der Waals surface area contributed by atoms with E-state index in [1.54, 1.807) is 24.3 Å². The van der Waals surface area contributed by atoms with Crippen molar-refractivity contribution in [1.82, 2.24) is 0 Å². The van der Waals surface area contributed by atoms with E-state index in [-0.39, 0.29) is 6.10 Å². The van der Waals surface area contributed by atoms with Crippen molar-refractivity contribution < 1.29 is 19.7 Å². The summed E-state index contributed by atoms with van der Waals surface area (Å²) in [6.45, 7) is 0. The van der Waals surface area contributed by atoms with Crippen LogP contribution >= 0.6 is 11.8 Å². The standard InChI is InChI=1S/C13H16O4S/c14-12(13(15)16)10-5-1-2-6-11(10)17-9-4-3-7-18-8-9/h1-2,5-6,9,12,14H,3-4,7-8H2,(H,15,16). The quantitative estimate of drug-likeness (QED) is 0.875. The molecule has 1 aromatic rings. The average Bonchev–Trinajstić information content (AvgIpc) is 2.39. The van der Waals surface area contributed by atoms with Crippen LogP contribution in [-0.4, -0.2) is 33.8 Å². The van der Waals surface area contributed by atoms with Crippen LogP contribution in [0.2, 0.25) is 0 Å². The van der Waals surface area contributed by atoms with Crippen LogP contribution in [0.4, 0.5) is 0 Å². The summed E-state index contributed by atoms with van der Waals surface area (Å²) in [7, 11) is 0. The summed E-state index contributed by atoms with van der Waals surface area (Å²) in [6, 6.07) is 6.78. The van der Waals surface area contributed by atoms with E-state index in [2.05, 4.69) is 0 Å². The summed E-state index contributed by atoms with van der Waals surface area (Å²) in [5.41, 5.74) is 0.320. The SMILES string of the molecule is O=C(O)C(O)c1ccccc1OC1CCCSC1. The van der Waals surface area contributed by atoms with Gasteiger partial charge in [-0.05, 0) is 24.7 Å².